The zero-order chi connectivity index (χ0) is 13.7. The molecular weight excluding hydrogens is 252 g/mol. The van der Waals surface area contributed by atoms with Gasteiger partial charge >= 0.3 is 0 Å². The van der Waals surface area contributed by atoms with Crippen LogP contribution in [0.3, 0.4) is 0 Å². The number of pyridine rings is 1. The van der Waals surface area contributed by atoms with Crippen molar-refractivity contribution in [2.75, 3.05) is 40.0 Å². The molecule has 1 aromatic rings. The molecule has 0 bridgehead atoms. The summed E-state index contributed by atoms with van der Waals surface area (Å²) in [7, 11) is 5.75. The molecule has 1 rings (SSSR count). The Morgan fingerprint density at radius 1 is 1.39 bits per heavy atom. The van der Waals surface area contributed by atoms with Crippen LogP contribution in [0, 0.1) is 0 Å². The van der Waals surface area contributed by atoms with Crippen LogP contribution in [0.1, 0.15) is 16.8 Å². The molecule has 0 unspecified atom stereocenters. The predicted octanol–water partition coefficient (Wildman–Crippen LogP) is 1.34. The average Bonchev–Trinajstić information content (AvgIpc) is 2.30. The van der Waals surface area contributed by atoms with Crippen molar-refractivity contribution < 1.29 is 4.79 Å². The first kappa shape index (κ1) is 14.7. The van der Waals surface area contributed by atoms with Gasteiger partial charge in [-0.05, 0) is 33.1 Å². The first-order valence-electron chi connectivity index (χ1n) is 5.73. The molecule has 6 heteroatoms. The van der Waals surface area contributed by atoms with Crippen LogP contribution in [0.4, 0.5) is 5.69 Å². The van der Waals surface area contributed by atoms with Gasteiger partial charge < -0.3 is 15.5 Å². The van der Waals surface area contributed by atoms with Crippen LogP contribution < -0.4 is 5.73 Å². The van der Waals surface area contributed by atoms with E-state index in [0.29, 0.717) is 17.8 Å². The van der Waals surface area contributed by atoms with Gasteiger partial charge in [-0.1, -0.05) is 11.6 Å². The number of rotatable bonds is 5. The van der Waals surface area contributed by atoms with Gasteiger partial charge in [-0.3, -0.25) is 4.79 Å². The second-order valence-corrected chi connectivity index (χ2v) is 4.85. The summed E-state index contributed by atoms with van der Waals surface area (Å²) in [5.41, 5.74) is 6.39. The Balaban J connectivity index is 2.65. The van der Waals surface area contributed by atoms with Crippen LogP contribution in [0.25, 0.3) is 0 Å². The summed E-state index contributed by atoms with van der Waals surface area (Å²) >= 11 is 5.90. The van der Waals surface area contributed by atoms with Crippen LogP contribution in [0.5, 0.6) is 0 Å². The lowest BCUT2D eigenvalue weighted by molar-refractivity contribution is 0.0790. The second-order valence-electron chi connectivity index (χ2n) is 4.49. The SMILES string of the molecule is CN(C)CCCN(C)C(=O)c1cc(N)cnc1Cl. The number of carbonyl (C=O) groups is 1. The monoisotopic (exact) mass is 270 g/mol. The summed E-state index contributed by atoms with van der Waals surface area (Å²) in [4.78, 5) is 19.7. The molecule has 0 aliphatic heterocycles. The Labute approximate surface area is 113 Å². The molecule has 5 nitrogen and oxygen atoms in total. The van der Waals surface area contributed by atoms with Gasteiger partial charge in [0.05, 0.1) is 17.4 Å². The molecule has 1 aromatic heterocycles. The van der Waals surface area contributed by atoms with Crippen molar-refractivity contribution in [1.82, 2.24) is 14.8 Å². The number of hydrogen-bond donors (Lipinski definition) is 1. The highest BCUT2D eigenvalue weighted by atomic mass is 35.5. The summed E-state index contributed by atoms with van der Waals surface area (Å²) in [6.07, 6.45) is 2.34. The minimum atomic E-state index is -0.154. The molecule has 1 amide bonds. The van der Waals surface area contributed by atoms with Crippen LogP contribution in [0.15, 0.2) is 12.3 Å². The molecule has 0 aliphatic carbocycles. The van der Waals surface area contributed by atoms with E-state index >= 15 is 0 Å². The molecule has 0 spiro atoms. The number of hydrogen-bond acceptors (Lipinski definition) is 4. The zero-order valence-electron chi connectivity index (χ0n) is 11.0. The van der Waals surface area contributed by atoms with E-state index in [1.807, 2.05) is 14.1 Å². The third kappa shape index (κ3) is 4.16. The van der Waals surface area contributed by atoms with E-state index in [9.17, 15) is 4.79 Å². The van der Waals surface area contributed by atoms with Gasteiger partial charge in [-0.15, -0.1) is 0 Å². The van der Waals surface area contributed by atoms with E-state index in [0.717, 1.165) is 13.0 Å². The van der Waals surface area contributed by atoms with Crippen molar-refractivity contribution in [3.8, 4) is 0 Å². The summed E-state index contributed by atoms with van der Waals surface area (Å²) in [5.74, 6) is -0.154. The topological polar surface area (TPSA) is 62.5 Å². The van der Waals surface area contributed by atoms with E-state index in [1.54, 1.807) is 18.0 Å². The van der Waals surface area contributed by atoms with Gasteiger partial charge in [0.1, 0.15) is 5.15 Å². The highest BCUT2D eigenvalue weighted by Gasteiger charge is 2.16. The maximum Gasteiger partial charge on any atom is 0.256 e. The van der Waals surface area contributed by atoms with E-state index in [-0.39, 0.29) is 11.1 Å². The third-order valence-electron chi connectivity index (χ3n) is 2.54. The van der Waals surface area contributed by atoms with Gasteiger partial charge in [-0.25, -0.2) is 4.98 Å². The lowest BCUT2D eigenvalue weighted by Crippen LogP contribution is -2.30. The van der Waals surface area contributed by atoms with Crippen molar-refractivity contribution in [1.29, 1.82) is 0 Å². The van der Waals surface area contributed by atoms with E-state index < -0.39 is 0 Å². The Hall–Kier alpha value is -1.33. The number of nitrogen functional groups attached to an aromatic ring is 1. The maximum absolute atomic E-state index is 12.1. The van der Waals surface area contributed by atoms with Gasteiger partial charge in [0.25, 0.3) is 5.91 Å². The van der Waals surface area contributed by atoms with E-state index in [1.165, 1.54) is 6.20 Å². The van der Waals surface area contributed by atoms with Crippen LogP contribution >= 0.6 is 11.6 Å². The summed E-state index contributed by atoms with van der Waals surface area (Å²) in [5, 5.41) is 0.189. The van der Waals surface area contributed by atoms with E-state index in [2.05, 4.69) is 9.88 Å². The third-order valence-corrected chi connectivity index (χ3v) is 2.84. The van der Waals surface area contributed by atoms with Crippen LogP contribution in [-0.4, -0.2) is 54.9 Å². The minimum absolute atomic E-state index is 0.154. The molecule has 0 saturated heterocycles. The Kier molecular flexibility index (Phi) is 5.37. The Bertz CT molecular complexity index is 423. The normalized spacial score (nSPS) is 10.7. The molecule has 0 atom stereocenters. The molecule has 2 N–H and O–H groups in total. The number of nitrogens with two attached hydrogens (primary N) is 1. The van der Waals surface area contributed by atoms with Crippen molar-refractivity contribution in [3.63, 3.8) is 0 Å². The Morgan fingerprint density at radius 2 is 2.06 bits per heavy atom. The van der Waals surface area contributed by atoms with Crippen molar-refractivity contribution in [3.05, 3.63) is 23.0 Å². The molecule has 0 aromatic carbocycles. The molecule has 0 aliphatic rings. The number of anilines is 1. The summed E-state index contributed by atoms with van der Waals surface area (Å²) in [6.45, 7) is 1.60. The number of halogens is 1. The first-order chi connectivity index (χ1) is 8.41. The average molecular weight is 271 g/mol. The number of carbonyl (C=O) groups excluding carboxylic acids is 1. The van der Waals surface area contributed by atoms with Gasteiger partial charge in [-0.2, -0.15) is 0 Å². The number of amides is 1. The van der Waals surface area contributed by atoms with E-state index in [4.69, 9.17) is 17.3 Å². The molecule has 1 heterocycles. The van der Waals surface area contributed by atoms with Crippen LogP contribution in [0.2, 0.25) is 5.15 Å². The molecule has 0 fully saturated rings. The summed E-state index contributed by atoms with van der Waals surface area (Å²) in [6, 6.07) is 1.56. The second kappa shape index (κ2) is 6.56. The molecule has 18 heavy (non-hydrogen) atoms. The minimum Gasteiger partial charge on any atom is -0.397 e. The van der Waals surface area contributed by atoms with Crippen molar-refractivity contribution >= 4 is 23.2 Å². The molecule has 0 radical (unpaired) electrons. The Morgan fingerprint density at radius 3 is 2.67 bits per heavy atom. The lowest BCUT2D eigenvalue weighted by atomic mass is 10.2. The maximum atomic E-state index is 12.1. The fourth-order valence-electron chi connectivity index (χ4n) is 1.55. The smallest absolute Gasteiger partial charge is 0.256 e. The summed E-state index contributed by atoms with van der Waals surface area (Å²) < 4.78 is 0. The lowest BCUT2D eigenvalue weighted by Gasteiger charge is -2.19. The fraction of sp³-hybridized carbons (Fsp3) is 0.500. The zero-order valence-corrected chi connectivity index (χ0v) is 11.7. The largest absolute Gasteiger partial charge is 0.397 e. The fourth-order valence-corrected chi connectivity index (χ4v) is 1.73. The highest BCUT2D eigenvalue weighted by molar-refractivity contribution is 6.32. The van der Waals surface area contributed by atoms with Crippen molar-refractivity contribution in [2.45, 2.75) is 6.42 Å². The van der Waals surface area contributed by atoms with Crippen molar-refractivity contribution in [2.24, 2.45) is 0 Å². The van der Waals surface area contributed by atoms with Gasteiger partial charge in [0.2, 0.25) is 0 Å². The quantitative estimate of drug-likeness (QED) is 0.821. The van der Waals surface area contributed by atoms with Gasteiger partial charge in [0, 0.05) is 13.6 Å². The number of aromatic nitrogens is 1. The van der Waals surface area contributed by atoms with Crippen LogP contribution in [-0.2, 0) is 0 Å². The highest BCUT2D eigenvalue weighted by Crippen LogP contribution is 2.17. The molecule has 0 saturated carbocycles. The first-order valence-corrected chi connectivity index (χ1v) is 6.11. The van der Waals surface area contributed by atoms with Gasteiger partial charge in [0.15, 0.2) is 0 Å². The molecule has 100 valence electrons. The number of nitrogens with zero attached hydrogens (tertiary/aromatic N) is 3. The molecular formula is C12H19ClN4O. The standard InChI is InChI=1S/C12H19ClN4O/c1-16(2)5-4-6-17(3)12(18)10-7-9(14)8-15-11(10)13/h7-8H,4-6,14H2,1-3H3. The predicted molar refractivity (Wildman–Crippen MR) is 73.8 cm³/mol.